The van der Waals surface area contributed by atoms with Crippen molar-refractivity contribution in [2.45, 2.75) is 50.8 Å². The summed E-state index contributed by atoms with van der Waals surface area (Å²) in [6, 6.07) is 13.1. The minimum absolute atomic E-state index is 0.101. The number of aromatic nitrogens is 4. The second-order valence-electron chi connectivity index (χ2n) is 9.77. The van der Waals surface area contributed by atoms with Gasteiger partial charge < -0.3 is 9.84 Å². The van der Waals surface area contributed by atoms with Gasteiger partial charge in [0.05, 0.1) is 18.5 Å². The van der Waals surface area contributed by atoms with Gasteiger partial charge in [0.2, 0.25) is 5.03 Å². The van der Waals surface area contributed by atoms with Crippen molar-refractivity contribution in [3.8, 4) is 5.75 Å². The molecule has 1 aliphatic rings. The molecule has 38 heavy (non-hydrogen) atoms. The molecule has 2 aromatic heterocycles. The van der Waals surface area contributed by atoms with E-state index in [1.165, 1.54) is 6.20 Å². The molecule has 0 amide bonds. The summed E-state index contributed by atoms with van der Waals surface area (Å²) >= 11 is 0. The topological polar surface area (TPSA) is 134 Å². The Morgan fingerprint density at radius 2 is 2.00 bits per heavy atom. The number of rotatable bonds is 6. The normalized spacial score (nSPS) is 18.8. The van der Waals surface area contributed by atoms with Gasteiger partial charge in [0.15, 0.2) is 5.75 Å². The minimum atomic E-state index is -3.41. The zero-order valence-corrected chi connectivity index (χ0v) is 22.5. The zero-order valence-electron chi connectivity index (χ0n) is 21.7. The van der Waals surface area contributed by atoms with Gasteiger partial charge in [0.25, 0.3) is 0 Å². The fourth-order valence-corrected chi connectivity index (χ4v) is 6.64. The number of pyridine rings is 1. The first-order valence-electron chi connectivity index (χ1n) is 12.3. The molecule has 1 aliphatic heterocycles. The average molecular weight is 538 g/mol. The van der Waals surface area contributed by atoms with Gasteiger partial charge in [-0.15, -0.1) is 5.10 Å². The number of carboxylic acids is 1. The first kappa shape index (κ1) is 26.1. The number of fused-ring (bicyclic) bond motifs is 2. The van der Waals surface area contributed by atoms with E-state index in [2.05, 4.69) is 15.3 Å². The predicted molar refractivity (Wildman–Crippen MR) is 144 cm³/mol. The quantitative estimate of drug-likeness (QED) is 0.314. The predicted octanol–water partition coefficient (Wildman–Crippen LogP) is 4.89. The van der Waals surface area contributed by atoms with E-state index in [0.717, 1.165) is 38.9 Å². The van der Waals surface area contributed by atoms with Crippen molar-refractivity contribution in [1.82, 2.24) is 24.3 Å². The first-order valence-corrected chi connectivity index (χ1v) is 13.8. The average Bonchev–Trinajstić information content (AvgIpc) is 3.21. The molecule has 5 rings (SSSR count). The lowest BCUT2D eigenvalue weighted by Crippen LogP contribution is -2.33. The molecule has 3 N–H and O–H groups in total. The first-order chi connectivity index (χ1) is 18.1. The van der Waals surface area contributed by atoms with Gasteiger partial charge in [-0.25, -0.2) is 9.67 Å². The van der Waals surface area contributed by atoms with Crippen molar-refractivity contribution in [3.63, 3.8) is 0 Å². The van der Waals surface area contributed by atoms with E-state index in [-0.39, 0.29) is 30.6 Å². The fourth-order valence-electron chi connectivity index (χ4n) is 5.07. The Bertz CT molecular complexity index is 1520. The van der Waals surface area contributed by atoms with Crippen LogP contribution in [-0.2, 0) is 18.4 Å². The number of aliphatic carboxylic acids is 1. The second-order valence-corrected chi connectivity index (χ2v) is 11.7. The van der Waals surface area contributed by atoms with Crippen molar-refractivity contribution in [1.29, 1.82) is 0 Å². The third-order valence-corrected chi connectivity index (χ3v) is 8.92. The van der Waals surface area contributed by atoms with E-state index in [0.29, 0.717) is 5.75 Å². The summed E-state index contributed by atoms with van der Waals surface area (Å²) in [4.78, 5) is 16.2. The molecule has 0 aliphatic carbocycles. The summed E-state index contributed by atoms with van der Waals surface area (Å²) in [6.45, 7) is 6.28. The van der Waals surface area contributed by atoms with Crippen LogP contribution in [0.4, 0.5) is 0 Å². The molecule has 2 atom stereocenters. The zero-order chi connectivity index (χ0) is 27.2. The smallest absolute Gasteiger partial charge is 0.304 e. The van der Waals surface area contributed by atoms with Gasteiger partial charge in [-0.05, 0) is 66.8 Å². The molecule has 2 aromatic carbocycles. The molecular weight excluding hydrogens is 506 g/mol. The van der Waals surface area contributed by atoms with E-state index in [9.17, 15) is 19.0 Å². The van der Waals surface area contributed by atoms with Crippen molar-refractivity contribution in [2.75, 3.05) is 6.54 Å². The molecule has 0 bridgehead atoms. The third kappa shape index (κ3) is 4.73. The van der Waals surface area contributed by atoms with E-state index >= 15 is 0 Å². The molecule has 0 spiro atoms. The molecule has 200 valence electrons. The van der Waals surface area contributed by atoms with Crippen LogP contribution in [0.3, 0.4) is 0 Å². The Morgan fingerprint density at radius 3 is 2.76 bits per heavy atom. The SMILES string of the molecule is Cc1ccc(C(CC(=O)O)c2ccc3c(nnn3C)c2C)cc1CN1C[C@@H](C)Oc2cccnc2S1(O)O. The lowest BCUT2D eigenvalue weighted by atomic mass is 9.84. The molecule has 0 saturated heterocycles. The molecule has 10 nitrogen and oxygen atoms in total. The van der Waals surface area contributed by atoms with Crippen LogP contribution >= 0.6 is 10.8 Å². The Morgan fingerprint density at radius 1 is 1.21 bits per heavy atom. The molecular formula is C27H31N5O5S. The highest BCUT2D eigenvalue weighted by Gasteiger charge is 2.35. The fraction of sp³-hybridized carbons (Fsp3) is 0.333. The van der Waals surface area contributed by atoms with Crippen LogP contribution in [0, 0.1) is 13.8 Å². The van der Waals surface area contributed by atoms with E-state index in [1.54, 1.807) is 21.1 Å². The minimum Gasteiger partial charge on any atom is -0.486 e. The monoisotopic (exact) mass is 537 g/mol. The molecule has 1 unspecified atom stereocenters. The molecule has 0 fully saturated rings. The summed E-state index contributed by atoms with van der Waals surface area (Å²) < 4.78 is 31.8. The Hall–Kier alpha value is -3.51. The van der Waals surface area contributed by atoms with Gasteiger partial charge in [-0.3, -0.25) is 13.9 Å². The van der Waals surface area contributed by atoms with E-state index < -0.39 is 22.7 Å². The second kappa shape index (κ2) is 9.99. The van der Waals surface area contributed by atoms with Crippen LogP contribution in [0.25, 0.3) is 11.0 Å². The summed E-state index contributed by atoms with van der Waals surface area (Å²) in [5, 5.41) is 18.3. The van der Waals surface area contributed by atoms with Gasteiger partial charge in [-0.2, -0.15) is 4.31 Å². The standard InChI is InChI=1S/C27H31N5O5S/c1-16-7-8-19(22(13-25(33)34)21-9-10-23-26(18(21)3)29-30-31(23)4)12-20(16)15-32-14-17(2)37-24-6-5-11-28-27(24)38(32,35)36/h5-12,17,22,35-36H,13-15H2,1-4H3,(H,33,34)/t17-,22?/m1/s1. The van der Waals surface area contributed by atoms with Crippen LogP contribution in [0.1, 0.15) is 47.1 Å². The van der Waals surface area contributed by atoms with Crippen molar-refractivity contribution in [2.24, 2.45) is 7.05 Å². The van der Waals surface area contributed by atoms with Crippen LogP contribution in [0.15, 0.2) is 53.7 Å². The van der Waals surface area contributed by atoms with Crippen LogP contribution in [0.5, 0.6) is 5.75 Å². The lowest BCUT2D eigenvalue weighted by molar-refractivity contribution is -0.137. The molecule has 0 radical (unpaired) electrons. The largest absolute Gasteiger partial charge is 0.486 e. The maximum atomic E-state index is 12.0. The number of carbonyl (C=O) groups is 1. The number of aryl methyl sites for hydroxylation is 3. The van der Waals surface area contributed by atoms with Crippen molar-refractivity contribution < 1.29 is 23.7 Å². The summed E-state index contributed by atoms with van der Waals surface area (Å²) in [6.07, 6.45) is 1.12. The number of carboxylic acid groups (broad SMARTS) is 1. The number of hydrogen-bond acceptors (Lipinski definition) is 8. The Kier molecular flexibility index (Phi) is 6.86. The van der Waals surface area contributed by atoms with Gasteiger partial charge in [0, 0.05) is 25.7 Å². The summed E-state index contributed by atoms with van der Waals surface area (Å²) in [5.74, 6) is -0.970. The third-order valence-electron chi connectivity index (χ3n) is 7.10. The van der Waals surface area contributed by atoms with E-state index in [4.69, 9.17) is 4.74 Å². The van der Waals surface area contributed by atoms with Crippen molar-refractivity contribution in [3.05, 3.63) is 76.5 Å². The maximum Gasteiger partial charge on any atom is 0.304 e. The highest BCUT2D eigenvalue weighted by molar-refractivity contribution is 8.22. The van der Waals surface area contributed by atoms with Crippen LogP contribution in [-0.4, -0.2) is 57.1 Å². The summed E-state index contributed by atoms with van der Waals surface area (Å²) in [7, 11) is -1.59. The molecule has 11 heteroatoms. The Balaban J connectivity index is 1.54. The number of hydrogen-bond donors (Lipinski definition) is 3. The highest BCUT2D eigenvalue weighted by Crippen LogP contribution is 2.56. The lowest BCUT2D eigenvalue weighted by Gasteiger charge is -2.40. The van der Waals surface area contributed by atoms with Crippen LogP contribution in [0.2, 0.25) is 0 Å². The maximum absolute atomic E-state index is 12.0. The number of nitrogens with zero attached hydrogens (tertiary/aromatic N) is 5. The molecule has 0 saturated carbocycles. The Labute approximate surface area is 222 Å². The van der Waals surface area contributed by atoms with Gasteiger partial charge >= 0.3 is 5.97 Å². The molecule has 4 aromatic rings. The van der Waals surface area contributed by atoms with Gasteiger partial charge in [0.1, 0.15) is 11.6 Å². The molecule has 3 heterocycles. The van der Waals surface area contributed by atoms with Crippen LogP contribution < -0.4 is 4.74 Å². The van der Waals surface area contributed by atoms with Gasteiger partial charge in [-0.1, -0.05) is 40.3 Å². The number of ether oxygens (including phenoxy) is 1. The van der Waals surface area contributed by atoms with E-state index in [1.807, 2.05) is 58.2 Å². The highest BCUT2D eigenvalue weighted by atomic mass is 32.3. The number of benzene rings is 2. The summed E-state index contributed by atoms with van der Waals surface area (Å²) in [5.41, 5.74) is 6.02. The van der Waals surface area contributed by atoms with Crippen molar-refractivity contribution >= 4 is 27.8 Å².